The molecule has 0 aliphatic heterocycles. The van der Waals surface area contributed by atoms with E-state index in [1.54, 1.807) is 12.3 Å². The van der Waals surface area contributed by atoms with Crippen LogP contribution in [0, 0.1) is 0 Å². The van der Waals surface area contributed by atoms with Gasteiger partial charge in [-0.3, -0.25) is 9.97 Å². The molecule has 2 aromatic heterocycles. The van der Waals surface area contributed by atoms with E-state index < -0.39 is 5.97 Å². The van der Waals surface area contributed by atoms with E-state index in [2.05, 4.69) is 9.97 Å². The molecule has 2 heterocycles. The van der Waals surface area contributed by atoms with Crippen LogP contribution in [0.3, 0.4) is 0 Å². The monoisotopic (exact) mass is 230 g/mol. The minimum atomic E-state index is -1.06. The lowest BCUT2D eigenvalue weighted by Gasteiger charge is -2.07. The zero-order valence-corrected chi connectivity index (χ0v) is 8.91. The van der Waals surface area contributed by atoms with Gasteiger partial charge in [0.25, 0.3) is 0 Å². The minimum absolute atomic E-state index is 0.0448. The van der Waals surface area contributed by atoms with Crippen molar-refractivity contribution >= 4 is 5.97 Å². The van der Waals surface area contributed by atoms with E-state index >= 15 is 0 Å². The number of hydrogen-bond acceptors (Lipinski definition) is 4. The first-order chi connectivity index (χ1) is 8.27. The molecule has 1 N–H and O–H groups in total. The number of aromatic carboxylic acids is 1. The Kier molecular flexibility index (Phi) is 3.30. The summed E-state index contributed by atoms with van der Waals surface area (Å²) in [6.07, 6.45) is 4.40. The van der Waals surface area contributed by atoms with Gasteiger partial charge in [-0.1, -0.05) is 6.07 Å². The first kappa shape index (κ1) is 11.1. The third kappa shape index (κ3) is 2.78. The van der Waals surface area contributed by atoms with Gasteiger partial charge in [0.2, 0.25) is 0 Å². The summed E-state index contributed by atoms with van der Waals surface area (Å²) in [5.74, 6) is -0.771. The predicted octanol–water partition coefficient (Wildman–Crippen LogP) is 1.75. The van der Waals surface area contributed by atoms with Crippen molar-refractivity contribution in [1.29, 1.82) is 0 Å². The molecular formula is C12H10N2O3. The second kappa shape index (κ2) is 5.07. The lowest BCUT2D eigenvalue weighted by Crippen LogP contribution is -2.04. The van der Waals surface area contributed by atoms with Crippen LogP contribution in [0.4, 0.5) is 0 Å². The summed E-state index contributed by atoms with van der Waals surface area (Å²) in [5.41, 5.74) is 0.782. The highest BCUT2D eigenvalue weighted by atomic mass is 16.5. The normalized spacial score (nSPS) is 9.88. The quantitative estimate of drug-likeness (QED) is 0.866. The molecule has 0 saturated heterocycles. The molecule has 0 atom stereocenters. The molecule has 0 saturated carbocycles. The van der Waals surface area contributed by atoms with Crippen molar-refractivity contribution in [3.8, 4) is 5.75 Å². The molecule has 5 nitrogen and oxygen atoms in total. The standard InChI is InChI=1S/C12H10N2O3/c15-12(16)10-7-13-6-4-11(10)17-8-9-3-1-2-5-14-9/h1-7H,8H2,(H,15,16). The van der Waals surface area contributed by atoms with Gasteiger partial charge in [-0.25, -0.2) is 4.79 Å². The third-order valence-electron chi connectivity index (χ3n) is 2.11. The first-order valence-corrected chi connectivity index (χ1v) is 4.97. The maximum atomic E-state index is 10.9. The summed E-state index contributed by atoms with van der Waals surface area (Å²) >= 11 is 0. The molecule has 0 aromatic carbocycles. The fraction of sp³-hybridized carbons (Fsp3) is 0.0833. The fourth-order valence-corrected chi connectivity index (χ4v) is 1.30. The van der Waals surface area contributed by atoms with Crippen LogP contribution in [0.1, 0.15) is 16.1 Å². The molecule has 2 aromatic rings. The average molecular weight is 230 g/mol. The van der Waals surface area contributed by atoms with Crippen molar-refractivity contribution in [3.63, 3.8) is 0 Å². The van der Waals surface area contributed by atoms with Gasteiger partial charge in [-0.05, 0) is 18.2 Å². The predicted molar refractivity (Wildman–Crippen MR) is 59.8 cm³/mol. The number of ether oxygens (including phenoxy) is 1. The highest BCUT2D eigenvalue weighted by molar-refractivity contribution is 5.90. The summed E-state index contributed by atoms with van der Waals surface area (Å²) in [7, 11) is 0. The lowest BCUT2D eigenvalue weighted by molar-refractivity contribution is 0.0691. The van der Waals surface area contributed by atoms with Crippen molar-refractivity contribution in [2.75, 3.05) is 0 Å². The molecule has 0 aliphatic carbocycles. The first-order valence-electron chi connectivity index (χ1n) is 4.97. The van der Waals surface area contributed by atoms with Gasteiger partial charge in [0, 0.05) is 18.6 Å². The van der Waals surface area contributed by atoms with Crippen molar-refractivity contribution in [2.24, 2.45) is 0 Å². The maximum absolute atomic E-state index is 10.9. The molecule has 0 radical (unpaired) electrons. The van der Waals surface area contributed by atoms with Crippen LogP contribution in [0.15, 0.2) is 42.9 Å². The van der Waals surface area contributed by atoms with E-state index in [0.717, 1.165) is 5.69 Å². The molecule has 0 unspecified atom stereocenters. The fourth-order valence-electron chi connectivity index (χ4n) is 1.30. The van der Waals surface area contributed by atoms with Crippen molar-refractivity contribution in [1.82, 2.24) is 9.97 Å². The average Bonchev–Trinajstić information content (AvgIpc) is 2.38. The number of pyridine rings is 2. The molecule has 0 spiro atoms. The van der Waals surface area contributed by atoms with Gasteiger partial charge in [0.05, 0.1) is 5.69 Å². The SMILES string of the molecule is O=C(O)c1cnccc1OCc1ccccn1. The van der Waals surface area contributed by atoms with Gasteiger partial charge in [-0.15, -0.1) is 0 Å². The van der Waals surface area contributed by atoms with E-state index in [-0.39, 0.29) is 17.9 Å². The van der Waals surface area contributed by atoms with Crippen LogP contribution in [-0.2, 0) is 6.61 Å². The molecule has 2 rings (SSSR count). The molecule has 0 fully saturated rings. The summed E-state index contributed by atoms with van der Waals surface area (Å²) in [6, 6.07) is 6.98. The van der Waals surface area contributed by atoms with Gasteiger partial charge in [0.1, 0.15) is 17.9 Å². The van der Waals surface area contributed by atoms with E-state index in [9.17, 15) is 4.79 Å². The van der Waals surface area contributed by atoms with E-state index in [1.807, 2.05) is 12.1 Å². The molecule has 86 valence electrons. The Morgan fingerprint density at radius 2 is 2.18 bits per heavy atom. The summed E-state index contributed by atoms with van der Waals surface area (Å²) in [4.78, 5) is 18.7. The zero-order chi connectivity index (χ0) is 12.1. The van der Waals surface area contributed by atoms with Gasteiger partial charge in [0.15, 0.2) is 0 Å². The highest BCUT2D eigenvalue weighted by Crippen LogP contribution is 2.17. The molecule has 17 heavy (non-hydrogen) atoms. The molecule has 5 heteroatoms. The number of carboxylic acid groups (broad SMARTS) is 1. The number of aromatic nitrogens is 2. The molecule has 0 bridgehead atoms. The minimum Gasteiger partial charge on any atom is -0.486 e. The zero-order valence-electron chi connectivity index (χ0n) is 8.91. The molecular weight excluding hydrogens is 220 g/mol. The van der Waals surface area contributed by atoms with Gasteiger partial charge >= 0.3 is 5.97 Å². The Morgan fingerprint density at radius 1 is 1.29 bits per heavy atom. The largest absolute Gasteiger partial charge is 0.486 e. The highest BCUT2D eigenvalue weighted by Gasteiger charge is 2.10. The molecule has 0 aliphatic rings. The second-order valence-corrected chi connectivity index (χ2v) is 3.29. The Labute approximate surface area is 97.7 Å². The van der Waals surface area contributed by atoms with Crippen LogP contribution >= 0.6 is 0 Å². The van der Waals surface area contributed by atoms with Crippen molar-refractivity contribution in [2.45, 2.75) is 6.61 Å². The van der Waals surface area contributed by atoms with Crippen molar-refractivity contribution < 1.29 is 14.6 Å². The number of carbonyl (C=O) groups is 1. The summed E-state index contributed by atoms with van der Waals surface area (Å²) in [6.45, 7) is 0.227. The van der Waals surface area contributed by atoms with Crippen molar-refractivity contribution in [3.05, 3.63) is 54.1 Å². The maximum Gasteiger partial charge on any atom is 0.341 e. The number of nitrogens with zero attached hydrogens (tertiary/aromatic N) is 2. The Balaban J connectivity index is 2.12. The second-order valence-electron chi connectivity index (χ2n) is 3.29. The third-order valence-corrected chi connectivity index (χ3v) is 2.11. The smallest absolute Gasteiger partial charge is 0.341 e. The van der Waals surface area contributed by atoms with Crippen LogP contribution in [0.5, 0.6) is 5.75 Å². The Morgan fingerprint density at radius 3 is 2.88 bits per heavy atom. The summed E-state index contributed by atoms with van der Waals surface area (Å²) < 4.78 is 5.40. The van der Waals surface area contributed by atoms with E-state index in [1.165, 1.54) is 18.5 Å². The van der Waals surface area contributed by atoms with E-state index in [4.69, 9.17) is 9.84 Å². The van der Waals surface area contributed by atoms with Crippen LogP contribution < -0.4 is 4.74 Å². The lowest BCUT2D eigenvalue weighted by atomic mass is 10.2. The van der Waals surface area contributed by atoms with Crippen LogP contribution in [0.25, 0.3) is 0 Å². The Bertz CT molecular complexity index is 514. The number of carboxylic acids is 1. The van der Waals surface area contributed by atoms with Crippen LogP contribution in [-0.4, -0.2) is 21.0 Å². The topological polar surface area (TPSA) is 72.3 Å². The van der Waals surface area contributed by atoms with E-state index in [0.29, 0.717) is 0 Å². The van der Waals surface area contributed by atoms with Gasteiger partial charge < -0.3 is 9.84 Å². The molecule has 0 amide bonds. The number of hydrogen-bond donors (Lipinski definition) is 1. The van der Waals surface area contributed by atoms with Gasteiger partial charge in [-0.2, -0.15) is 0 Å². The van der Waals surface area contributed by atoms with Crippen LogP contribution in [0.2, 0.25) is 0 Å². The Hall–Kier alpha value is -2.43. The summed E-state index contributed by atoms with van der Waals surface area (Å²) in [5, 5.41) is 8.93. The number of rotatable bonds is 4.